The summed E-state index contributed by atoms with van der Waals surface area (Å²) in [5.74, 6) is 0.799. The molecule has 4 rings (SSSR count). The van der Waals surface area contributed by atoms with Gasteiger partial charge in [0.1, 0.15) is 5.52 Å². The van der Waals surface area contributed by atoms with Crippen LogP contribution in [0.25, 0.3) is 22.6 Å². The van der Waals surface area contributed by atoms with Crippen molar-refractivity contribution in [2.24, 2.45) is 0 Å². The van der Waals surface area contributed by atoms with Gasteiger partial charge in [-0.1, -0.05) is 43.7 Å². The molecule has 0 bridgehead atoms. The fourth-order valence-corrected chi connectivity index (χ4v) is 3.75. The Balaban J connectivity index is 1.47. The summed E-state index contributed by atoms with van der Waals surface area (Å²) < 4.78 is 5.92. The fourth-order valence-electron chi connectivity index (χ4n) is 3.54. The molecular weight excluding hydrogens is 418 g/mol. The van der Waals surface area contributed by atoms with Crippen molar-refractivity contribution in [2.45, 2.75) is 33.6 Å². The summed E-state index contributed by atoms with van der Waals surface area (Å²) in [6, 6.07) is 19.5. The number of aromatic nitrogens is 1. The second-order valence-electron chi connectivity index (χ2n) is 8.20. The number of nitrogens with one attached hydrogen (secondary N) is 2. The average molecular weight is 444 g/mol. The van der Waals surface area contributed by atoms with E-state index in [0.717, 1.165) is 22.4 Å². The lowest BCUT2D eigenvalue weighted by atomic mass is 10.0. The Labute approximate surface area is 192 Å². The first kappa shape index (κ1) is 21.7. The standard InChI is InChI=1S/C26H25N3O2S/c1-15(2)18-6-8-19(9-7-18)25-28-22-14-20(10-12-23(22)31-25)27-26(32)29-24(30)21-11-5-16(3)13-17(21)4/h5-15H,1-4H3,(H2,27,29,30,32). The number of carbonyl (C=O) groups is 1. The van der Waals surface area contributed by atoms with Crippen molar-refractivity contribution in [1.82, 2.24) is 10.3 Å². The quantitative estimate of drug-likeness (QED) is 0.359. The van der Waals surface area contributed by atoms with Crippen LogP contribution < -0.4 is 10.6 Å². The first-order valence-corrected chi connectivity index (χ1v) is 10.9. The number of thiocarbonyl (C=S) groups is 1. The van der Waals surface area contributed by atoms with Gasteiger partial charge in [0.25, 0.3) is 5.91 Å². The largest absolute Gasteiger partial charge is 0.436 e. The van der Waals surface area contributed by atoms with Crippen LogP contribution in [0.1, 0.15) is 46.8 Å². The molecule has 1 amide bonds. The molecular formula is C26H25N3O2S. The zero-order valence-electron chi connectivity index (χ0n) is 18.5. The van der Waals surface area contributed by atoms with E-state index >= 15 is 0 Å². The molecule has 0 unspecified atom stereocenters. The minimum atomic E-state index is -0.241. The second-order valence-corrected chi connectivity index (χ2v) is 8.61. The maximum absolute atomic E-state index is 12.6. The van der Waals surface area contributed by atoms with E-state index < -0.39 is 0 Å². The van der Waals surface area contributed by atoms with Gasteiger partial charge in [-0.05, 0) is 79.5 Å². The van der Waals surface area contributed by atoms with E-state index in [9.17, 15) is 4.79 Å². The molecule has 6 heteroatoms. The molecule has 0 aliphatic heterocycles. The minimum absolute atomic E-state index is 0.224. The molecule has 1 heterocycles. The Morgan fingerprint density at radius 3 is 2.44 bits per heavy atom. The Bertz CT molecular complexity index is 1310. The number of oxazole rings is 1. The molecule has 4 aromatic rings. The maximum atomic E-state index is 12.6. The second kappa shape index (κ2) is 8.93. The normalized spacial score (nSPS) is 11.0. The van der Waals surface area contributed by atoms with Crippen molar-refractivity contribution < 1.29 is 9.21 Å². The lowest BCUT2D eigenvalue weighted by Crippen LogP contribution is -2.34. The molecule has 5 nitrogen and oxygen atoms in total. The lowest BCUT2D eigenvalue weighted by Gasteiger charge is -2.11. The number of amides is 1. The van der Waals surface area contributed by atoms with E-state index in [0.29, 0.717) is 28.5 Å². The summed E-state index contributed by atoms with van der Waals surface area (Å²) in [6.07, 6.45) is 0. The summed E-state index contributed by atoms with van der Waals surface area (Å²) in [4.78, 5) is 17.2. The Morgan fingerprint density at radius 1 is 1.00 bits per heavy atom. The molecule has 0 spiro atoms. The molecule has 0 saturated heterocycles. The molecule has 2 N–H and O–H groups in total. The van der Waals surface area contributed by atoms with Crippen molar-refractivity contribution in [2.75, 3.05) is 5.32 Å². The Kier molecular flexibility index (Phi) is 6.06. The van der Waals surface area contributed by atoms with Gasteiger partial charge in [-0.2, -0.15) is 0 Å². The summed E-state index contributed by atoms with van der Waals surface area (Å²) in [6.45, 7) is 8.23. The van der Waals surface area contributed by atoms with Crippen LogP contribution in [0.3, 0.4) is 0 Å². The predicted octanol–water partition coefficient (Wildman–Crippen LogP) is 6.36. The topological polar surface area (TPSA) is 67.2 Å². The lowest BCUT2D eigenvalue weighted by molar-refractivity contribution is 0.0977. The number of carbonyl (C=O) groups excluding carboxylic acids is 1. The fraction of sp³-hybridized carbons (Fsp3) is 0.192. The SMILES string of the molecule is Cc1ccc(C(=O)NC(=S)Nc2ccc3oc(-c4ccc(C(C)C)cc4)nc3c2)c(C)c1. The van der Waals surface area contributed by atoms with Gasteiger partial charge in [-0.15, -0.1) is 0 Å². The average Bonchev–Trinajstić information content (AvgIpc) is 3.17. The molecule has 162 valence electrons. The third-order valence-corrected chi connectivity index (χ3v) is 5.53. The zero-order chi connectivity index (χ0) is 22.8. The van der Waals surface area contributed by atoms with Crippen LogP contribution in [0, 0.1) is 13.8 Å². The molecule has 0 radical (unpaired) electrons. The van der Waals surface area contributed by atoms with E-state index in [-0.39, 0.29) is 11.0 Å². The molecule has 1 aromatic heterocycles. The summed E-state index contributed by atoms with van der Waals surface area (Å²) in [7, 11) is 0. The molecule has 0 fully saturated rings. The third-order valence-electron chi connectivity index (χ3n) is 5.32. The number of nitrogens with zero attached hydrogens (tertiary/aromatic N) is 1. The van der Waals surface area contributed by atoms with E-state index in [2.05, 4.69) is 41.6 Å². The molecule has 0 aliphatic carbocycles. The molecule has 0 saturated carbocycles. The van der Waals surface area contributed by atoms with Crippen LogP contribution in [0.4, 0.5) is 5.69 Å². The van der Waals surface area contributed by atoms with Crippen molar-refractivity contribution in [3.8, 4) is 11.5 Å². The summed E-state index contributed by atoms with van der Waals surface area (Å²) in [5, 5.41) is 6.01. The first-order valence-electron chi connectivity index (χ1n) is 10.5. The third kappa shape index (κ3) is 4.70. The number of benzene rings is 3. The number of anilines is 1. The van der Waals surface area contributed by atoms with Gasteiger partial charge in [0.2, 0.25) is 5.89 Å². The van der Waals surface area contributed by atoms with Crippen LogP contribution >= 0.6 is 12.2 Å². The smallest absolute Gasteiger partial charge is 0.257 e. The van der Waals surface area contributed by atoms with E-state index in [1.807, 2.05) is 56.3 Å². The van der Waals surface area contributed by atoms with Crippen molar-refractivity contribution >= 4 is 40.0 Å². The highest BCUT2D eigenvalue weighted by atomic mass is 32.1. The molecule has 0 aliphatic rings. The van der Waals surface area contributed by atoms with Gasteiger partial charge in [0, 0.05) is 16.8 Å². The first-order chi connectivity index (χ1) is 15.3. The summed E-state index contributed by atoms with van der Waals surface area (Å²) >= 11 is 5.33. The minimum Gasteiger partial charge on any atom is -0.436 e. The van der Waals surface area contributed by atoms with Crippen LogP contribution in [0.15, 0.2) is 65.1 Å². The molecule has 0 atom stereocenters. The van der Waals surface area contributed by atoms with Gasteiger partial charge in [0.15, 0.2) is 10.7 Å². The predicted molar refractivity (Wildman–Crippen MR) is 133 cm³/mol. The molecule has 32 heavy (non-hydrogen) atoms. The number of hydrogen-bond donors (Lipinski definition) is 2. The van der Waals surface area contributed by atoms with Crippen LogP contribution in [0.2, 0.25) is 0 Å². The Morgan fingerprint density at radius 2 is 1.75 bits per heavy atom. The maximum Gasteiger partial charge on any atom is 0.257 e. The zero-order valence-corrected chi connectivity index (χ0v) is 19.3. The van der Waals surface area contributed by atoms with Gasteiger partial charge >= 0.3 is 0 Å². The number of aryl methyl sites for hydroxylation is 2. The van der Waals surface area contributed by atoms with Crippen LogP contribution in [-0.4, -0.2) is 16.0 Å². The van der Waals surface area contributed by atoms with Crippen molar-refractivity contribution in [1.29, 1.82) is 0 Å². The highest BCUT2D eigenvalue weighted by Gasteiger charge is 2.13. The summed E-state index contributed by atoms with van der Waals surface area (Å²) in [5.41, 5.74) is 6.92. The van der Waals surface area contributed by atoms with Gasteiger partial charge in [0.05, 0.1) is 0 Å². The van der Waals surface area contributed by atoms with E-state index in [1.165, 1.54) is 5.56 Å². The monoisotopic (exact) mass is 443 g/mol. The number of fused-ring (bicyclic) bond motifs is 1. The highest BCUT2D eigenvalue weighted by Crippen LogP contribution is 2.27. The van der Waals surface area contributed by atoms with Gasteiger partial charge in [-0.25, -0.2) is 4.98 Å². The van der Waals surface area contributed by atoms with E-state index in [1.54, 1.807) is 6.07 Å². The highest BCUT2D eigenvalue weighted by molar-refractivity contribution is 7.80. The van der Waals surface area contributed by atoms with Gasteiger partial charge < -0.3 is 9.73 Å². The van der Waals surface area contributed by atoms with Gasteiger partial charge in [-0.3, -0.25) is 10.1 Å². The Hall–Kier alpha value is -3.51. The number of rotatable bonds is 4. The number of hydrogen-bond acceptors (Lipinski definition) is 4. The van der Waals surface area contributed by atoms with Crippen LogP contribution in [0.5, 0.6) is 0 Å². The van der Waals surface area contributed by atoms with Crippen molar-refractivity contribution in [3.63, 3.8) is 0 Å². The van der Waals surface area contributed by atoms with E-state index in [4.69, 9.17) is 16.6 Å². The van der Waals surface area contributed by atoms with Crippen molar-refractivity contribution in [3.05, 3.63) is 82.9 Å². The van der Waals surface area contributed by atoms with Crippen LogP contribution in [-0.2, 0) is 0 Å². The molecule has 3 aromatic carbocycles.